The number of nitrogen functional groups attached to an aromatic ring is 1. The Balaban J connectivity index is 1.77. The third-order valence-corrected chi connectivity index (χ3v) is 5.10. The average molecular weight is 309 g/mol. The van der Waals surface area contributed by atoms with Crippen molar-refractivity contribution < 1.29 is 9.90 Å². The van der Waals surface area contributed by atoms with Crippen molar-refractivity contribution in [2.24, 2.45) is 5.92 Å². The first-order chi connectivity index (χ1) is 9.98. The summed E-state index contributed by atoms with van der Waals surface area (Å²) in [5.41, 5.74) is 6.22. The van der Waals surface area contributed by atoms with Crippen LogP contribution in [0.25, 0.3) is 0 Å². The highest BCUT2D eigenvalue weighted by Gasteiger charge is 2.43. The van der Waals surface area contributed by atoms with Gasteiger partial charge >= 0.3 is 0 Å². The van der Waals surface area contributed by atoms with Crippen molar-refractivity contribution in [3.63, 3.8) is 0 Å². The molecule has 0 spiro atoms. The fourth-order valence-corrected chi connectivity index (χ4v) is 3.92. The Morgan fingerprint density at radius 2 is 2.14 bits per heavy atom. The number of likely N-dealkylation sites (tertiary alicyclic amines) is 1. The zero-order valence-corrected chi connectivity index (χ0v) is 12.8. The molecule has 0 radical (unpaired) electrons. The van der Waals surface area contributed by atoms with E-state index in [4.69, 9.17) is 17.3 Å². The first kappa shape index (κ1) is 14.7. The summed E-state index contributed by atoms with van der Waals surface area (Å²) in [6.07, 6.45) is 4.76. The van der Waals surface area contributed by atoms with Gasteiger partial charge in [-0.15, -0.1) is 0 Å². The van der Waals surface area contributed by atoms with Gasteiger partial charge in [-0.25, -0.2) is 0 Å². The number of nitrogens with zero attached hydrogens (tertiary/aromatic N) is 1. The van der Waals surface area contributed by atoms with Gasteiger partial charge in [-0.1, -0.05) is 24.4 Å². The minimum absolute atomic E-state index is 0.0446. The van der Waals surface area contributed by atoms with E-state index in [9.17, 15) is 9.90 Å². The first-order valence-corrected chi connectivity index (χ1v) is 7.93. The number of aliphatic hydroxyl groups is 1. The van der Waals surface area contributed by atoms with Crippen LogP contribution in [0.3, 0.4) is 0 Å². The maximum Gasteiger partial charge on any atom is 0.253 e. The van der Waals surface area contributed by atoms with Crippen molar-refractivity contribution in [2.45, 2.75) is 37.7 Å². The van der Waals surface area contributed by atoms with Crippen LogP contribution in [0.1, 0.15) is 42.5 Å². The summed E-state index contributed by atoms with van der Waals surface area (Å²) in [4.78, 5) is 14.4. The van der Waals surface area contributed by atoms with E-state index in [2.05, 4.69) is 0 Å². The monoisotopic (exact) mass is 308 g/mol. The number of piperidine rings is 1. The Morgan fingerprint density at radius 1 is 1.33 bits per heavy atom. The van der Waals surface area contributed by atoms with Gasteiger partial charge in [-0.2, -0.15) is 0 Å². The van der Waals surface area contributed by atoms with E-state index in [1.165, 1.54) is 0 Å². The number of carbonyl (C=O) groups excluding carboxylic acids is 1. The number of benzene rings is 1. The summed E-state index contributed by atoms with van der Waals surface area (Å²) in [7, 11) is 0. The van der Waals surface area contributed by atoms with Crippen LogP contribution in [0.15, 0.2) is 18.2 Å². The van der Waals surface area contributed by atoms with Gasteiger partial charge in [0, 0.05) is 35.3 Å². The molecule has 1 heterocycles. The van der Waals surface area contributed by atoms with Crippen LogP contribution in [0.2, 0.25) is 5.02 Å². The maximum absolute atomic E-state index is 12.6. The largest absolute Gasteiger partial charge is 0.399 e. The molecule has 3 rings (SSSR count). The summed E-state index contributed by atoms with van der Waals surface area (Å²) in [5.74, 6) is 0.150. The number of anilines is 1. The Morgan fingerprint density at radius 3 is 2.90 bits per heavy atom. The summed E-state index contributed by atoms with van der Waals surface area (Å²) in [5, 5.41) is 11.1. The standard InChI is InChI=1S/C16H21ClN2O2/c17-13-7-11(8-14(18)9-13)15(20)19-6-5-16(21)4-2-1-3-12(16)10-19/h7-9,12,21H,1-6,10,18H2. The molecule has 0 bridgehead atoms. The van der Waals surface area contributed by atoms with Gasteiger partial charge in [0.15, 0.2) is 0 Å². The molecule has 1 amide bonds. The molecule has 3 N–H and O–H groups in total. The smallest absolute Gasteiger partial charge is 0.253 e. The second kappa shape index (κ2) is 5.50. The third-order valence-electron chi connectivity index (χ3n) is 4.88. The maximum atomic E-state index is 12.6. The molecule has 0 aromatic heterocycles. The van der Waals surface area contributed by atoms with Gasteiger partial charge in [0.05, 0.1) is 5.60 Å². The summed E-state index contributed by atoms with van der Waals surface area (Å²) >= 11 is 5.98. The number of nitrogens with two attached hydrogens (primary N) is 1. The van der Waals surface area contributed by atoms with E-state index in [1.54, 1.807) is 18.2 Å². The van der Waals surface area contributed by atoms with Crippen LogP contribution in [-0.4, -0.2) is 34.6 Å². The third kappa shape index (κ3) is 2.87. The molecule has 1 aliphatic carbocycles. The van der Waals surface area contributed by atoms with Crippen LogP contribution in [0, 0.1) is 5.92 Å². The average Bonchev–Trinajstić information content (AvgIpc) is 2.44. The molecule has 1 saturated heterocycles. The van der Waals surface area contributed by atoms with Gasteiger partial charge in [0.2, 0.25) is 0 Å². The molecule has 4 nitrogen and oxygen atoms in total. The zero-order chi connectivity index (χ0) is 15.0. The minimum atomic E-state index is -0.567. The van der Waals surface area contributed by atoms with E-state index in [1.807, 2.05) is 4.90 Å². The van der Waals surface area contributed by atoms with Gasteiger partial charge in [0.25, 0.3) is 5.91 Å². The van der Waals surface area contributed by atoms with E-state index >= 15 is 0 Å². The molecule has 1 aromatic carbocycles. The molecule has 2 unspecified atom stereocenters. The quantitative estimate of drug-likeness (QED) is 0.784. The Bertz CT molecular complexity index is 543. The summed E-state index contributed by atoms with van der Waals surface area (Å²) < 4.78 is 0. The van der Waals surface area contributed by atoms with Crippen molar-refractivity contribution in [1.82, 2.24) is 4.90 Å². The van der Waals surface area contributed by atoms with Gasteiger partial charge < -0.3 is 15.7 Å². The van der Waals surface area contributed by atoms with Crippen molar-refractivity contribution in [3.8, 4) is 0 Å². The predicted molar refractivity (Wildman–Crippen MR) is 83.3 cm³/mol. The molecule has 21 heavy (non-hydrogen) atoms. The molecule has 114 valence electrons. The predicted octanol–water partition coefficient (Wildman–Crippen LogP) is 2.69. The van der Waals surface area contributed by atoms with E-state index in [0.29, 0.717) is 35.8 Å². The molecular formula is C16H21ClN2O2. The lowest BCUT2D eigenvalue weighted by molar-refractivity contribution is -0.0886. The Labute approximate surface area is 129 Å². The zero-order valence-electron chi connectivity index (χ0n) is 12.0. The molecule has 1 saturated carbocycles. The SMILES string of the molecule is Nc1cc(Cl)cc(C(=O)N2CCC3(O)CCCCC3C2)c1. The topological polar surface area (TPSA) is 66.6 Å². The number of rotatable bonds is 1. The van der Waals surface area contributed by atoms with E-state index in [-0.39, 0.29) is 11.8 Å². The number of amides is 1. The second-order valence-corrected chi connectivity index (χ2v) is 6.76. The number of carbonyl (C=O) groups is 1. The molecular weight excluding hydrogens is 288 g/mol. The fourth-order valence-electron chi connectivity index (χ4n) is 3.67. The Hall–Kier alpha value is -1.26. The molecule has 5 heteroatoms. The van der Waals surface area contributed by atoms with E-state index < -0.39 is 5.60 Å². The molecule has 1 aromatic rings. The lowest BCUT2D eigenvalue weighted by Crippen LogP contribution is -2.54. The second-order valence-electron chi connectivity index (χ2n) is 6.32. The van der Waals surface area contributed by atoms with Crippen LogP contribution in [0.4, 0.5) is 5.69 Å². The van der Waals surface area contributed by atoms with E-state index in [0.717, 1.165) is 25.7 Å². The Kier molecular flexibility index (Phi) is 3.84. The van der Waals surface area contributed by atoms with Crippen molar-refractivity contribution >= 4 is 23.2 Å². The van der Waals surface area contributed by atoms with Crippen LogP contribution in [0.5, 0.6) is 0 Å². The highest BCUT2D eigenvalue weighted by molar-refractivity contribution is 6.31. The molecule has 2 atom stereocenters. The lowest BCUT2D eigenvalue weighted by Gasteiger charge is -2.47. The highest BCUT2D eigenvalue weighted by Crippen LogP contribution is 2.40. The van der Waals surface area contributed by atoms with Crippen LogP contribution in [-0.2, 0) is 0 Å². The molecule has 2 fully saturated rings. The summed E-state index contributed by atoms with van der Waals surface area (Å²) in [6.45, 7) is 1.22. The number of hydrogen-bond donors (Lipinski definition) is 2. The first-order valence-electron chi connectivity index (χ1n) is 7.56. The lowest BCUT2D eigenvalue weighted by atomic mass is 9.71. The van der Waals surface area contributed by atoms with Gasteiger partial charge in [0.1, 0.15) is 0 Å². The number of hydrogen-bond acceptors (Lipinski definition) is 3. The van der Waals surface area contributed by atoms with Crippen LogP contribution >= 0.6 is 11.6 Å². The summed E-state index contributed by atoms with van der Waals surface area (Å²) in [6, 6.07) is 4.95. The van der Waals surface area contributed by atoms with Crippen LogP contribution < -0.4 is 5.73 Å². The normalized spacial score (nSPS) is 29.0. The fraction of sp³-hybridized carbons (Fsp3) is 0.562. The molecule has 1 aliphatic heterocycles. The van der Waals surface area contributed by atoms with Gasteiger partial charge in [-0.3, -0.25) is 4.79 Å². The highest BCUT2D eigenvalue weighted by atomic mass is 35.5. The van der Waals surface area contributed by atoms with Crippen molar-refractivity contribution in [1.29, 1.82) is 0 Å². The van der Waals surface area contributed by atoms with Crippen molar-refractivity contribution in [3.05, 3.63) is 28.8 Å². The molecule has 2 aliphatic rings. The van der Waals surface area contributed by atoms with Gasteiger partial charge in [-0.05, 0) is 37.5 Å². The minimum Gasteiger partial charge on any atom is -0.399 e. The van der Waals surface area contributed by atoms with Crippen molar-refractivity contribution in [2.75, 3.05) is 18.8 Å². The number of fused-ring (bicyclic) bond motifs is 1. The number of halogens is 1.